The van der Waals surface area contributed by atoms with Crippen molar-refractivity contribution in [1.29, 1.82) is 0 Å². The summed E-state index contributed by atoms with van der Waals surface area (Å²) in [6, 6.07) is 7.96. The molecule has 1 aliphatic carbocycles. The van der Waals surface area contributed by atoms with Gasteiger partial charge in [0.1, 0.15) is 5.75 Å². The largest absolute Gasteiger partial charge is 0.497 e. The molecule has 0 atom stereocenters. The lowest BCUT2D eigenvalue weighted by Gasteiger charge is -2.29. The fraction of sp³-hybridized carbons (Fsp3) is 0.524. The van der Waals surface area contributed by atoms with Crippen molar-refractivity contribution in [2.75, 3.05) is 13.7 Å². The predicted octanol–water partition coefficient (Wildman–Crippen LogP) is 3.00. The molecule has 3 rings (SSSR count). The van der Waals surface area contributed by atoms with Crippen LogP contribution >= 0.6 is 0 Å². The Labute approximate surface area is 160 Å². The summed E-state index contributed by atoms with van der Waals surface area (Å²) in [5.41, 5.74) is 5.01. The Bertz CT molecular complexity index is 676. The highest BCUT2D eigenvalue weighted by Gasteiger charge is 2.21. The minimum absolute atomic E-state index is 0.0190. The number of benzene rings is 1. The molecule has 1 aromatic rings. The van der Waals surface area contributed by atoms with Crippen LogP contribution in [0.1, 0.15) is 56.9 Å². The summed E-state index contributed by atoms with van der Waals surface area (Å²) in [5, 5.41) is 4.68. The molecule has 1 heterocycles. The van der Waals surface area contributed by atoms with E-state index in [1.165, 1.54) is 25.7 Å². The van der Waals surface area contributed by atoms with Gasteiger partial charge in [-0.3, -0.25) is 20.0 Å². The average Bonchev–Trinajstić information content (AvgIpc) is 2.96. The summed E-state index contributed by atoms with van der Waals surface area (Å²) in [4.78, 5) is 24.5. The van der Waals surface area contributed by atoms with Crippen molar-refractivity contribution in [2.45, 2.75) is 57.4 Å². The normalized spacial score (nSPS) is 18.3. The van der Waals surface area contributed by atoms with Crippen LogP contribution in [0.3, 0.4) is 0 Å². The predicted molar refractivity (Wildman–Crippen MR) is 105 cm³/mol. The van der Waals surface area contributed by atoms with E-state index < -0.39 is 0 Å². The van der Waals surface area contributed by atoms with Crippen LogP contribution in [0, 0.1) is 0 Å². The topological polar surface area (TPSA) is 70.7 Å². The van der Waals surface area contributed by atoms with Gasteiger partial charge in [-0.25, -0.2) is 0 Å². The van der Waals surface area contributed by atoms with Crippen LogP contribution in [0.2, 0.25) is 0 Å². The lowest BCUT2D eigenvalue weighted by molar-refractivity contribution is -0.133. The maximum absolute atomic E-state index is 12.3. The van der Waals surface area contributed by atoms with E-state index in [2.05, 4.69) is 10.7 Å². The van der Waals surface area contributed by atoms with Crippen molar-refractivity contribution in [3.05, 3.63) is 35.9 Å². The number of hydrogen-bond donors (Lipinski definition) is 2. The van der Waals surface area contributed by atoms with Gasteiger partial charge in [-0.1, -0.05) is 25.7 Å². The second-order valence-corrected chi connectivity index (χ2v) is 7.21. The fourth-order valence-corrected chi connectivity index (χ4v) is 3.62. The third-order valence-electron chi connectivity index (χ3n) is 5.22. The van der Waals surface area contributed by atoms with Crippen LogP contribution in [0.5, 0.6) is 5.75 Å². The van der Waals surface area contributed by atoms with Crippen molar-refractivity contribution in [2.24, 2.45) is 0 Å². The molecular weight excluding hydrogens is 342 g/mol. The Morgan fingerprint density at radius 3 is 2.56 bits per heavy atom. The first-order valence-corrected chi connectivity index (χ1v) is 9.86. The number of methoxy groups -OCH3 is 1. The van der Waals surface area contributed by atoms with E-state index >= 15 is 0 Å². The Hall–Kier alpha value is -2.50. The highest BCUT2D eigenvalue weighted by Crippen LogP contribution is 2.21. The highest BCUT2D eigenvalue weighted by molar-refractivity contribution is 5.84. The molecule has 0 aromatic heterocycles. The lowest BCUT2D eigenvalue weighted by atomic mass is 10.1. The SMILES string of the molecule is COc1ccc(C2=CCC(=O)N(CCC(=O)NC3CCCCCC3)N2)cc1. The molecule has 2 N–H and O–H groups in total. The maximum Gasteiger partial charge on any atom is 0.244 e. The molecule has 0 saturated heterocycles. The smallest absolute Gasteiger partial charge is 0.244 e. The lowest BCUT2D eigenvalue weighted by Crippen LogP contribution is -2.46. The molecule has 0 bridgehead atoms. The maximum atomic E-state index is 12.3. The van der Waals surface area contributed by atoms with Crippen LogP contribution in [0.15, 0.2) is 30.3 Å². The number of nitrogens with zero attached hydrogens (tertiary/aromatic N) is 1. The van der Waals surface area contributed by atoms with Gasteiger partial charge >= 0.3 is 0 Å². The van der Waals surface area contributed by atoms with Crippen LogP contribution in [0.4, 0.5) is 0 Å². The number of rotatable bonds is 6. The van der Waals surface area contributed by atoms with E-state index in [-0.39, 0.29) is 11.8 Å². The number of hydrazine groups is 1. The van der Waals surface area contributed by atoms with Crippen molar-refractivity contribution in [3.8, 4) is 5.75 Å². The number of carbonyl (C=O) groups is 2. The summed E-state index contributed by atoms with van der Waals surface area (Å²) in [7, 11) is 1.63. The first-order chi connectivity index (χ1) is 13.2. The molecule has 27 heavy (non-hydrogen) atoms. The summed E-state index contributed by atoms with van der Waals surface area (Å²) >= 11 is 0. The first kappa shape index (κ1) is 19.3. The Morgan fingerprint density at radius 1 is 1.19 bits per heavy atom. The van der Waals surface area contributed by atoms with E-state index in [9.17, 15) is 9.59 Å². The number of amides is 2. The number of carbonyl (C=O) groups excluding carboxylic acids is 2. The average molecular weight is 371 g/mol. The zero-order valence-corrected chi connectivity index (χ0v) is 16.0. The molecule has 1 aliphatic heterocycles. The van der Waals surface area contributed by atoms with Gasteiger partial charge in [0.2, 0.25) is 11.8 Å². The first-order valence-electron chi connectivity index (χ1n) is 9.86. The number of ether oxygens (including phenoxy) is 1. The van der Waals surface area contributed by atoms with Gasteiger partial charge in [0.05, 0.1) is 19.4 Å². The minimum atomic E-state index is -0.0190. The van der Waals surface area contributed by atoms with Crippen LogP contribution < -0.4 is 15.5 Å². The Kier molecular flexibility index (Phi) is 6.74. The summed E-state index contributed by atoms with van der Waals surface area (Å²) in [6.45, 7) is 0.366. The van der Waals surface area contributed by atoms with Crippen LogP contribution in [-0.4, -0.2) is 36.5 Å². The molecule has 0 unspecified atom stereocenters. The van der Waals surface area contributed by atoms with E-state index in [0.717, 1.165) is 29.9 Å². The summed E-state index contributed by atoms with van der Waals surface area (Å²) < 4.78 is 5.18. The van der Waals surface area contributed by atoms with Gasteiger partial charge in [0.15, 0.2) is 0 Å². The van der Waals surface area contributed by atoms with Crippen molar-refractivity contribution in [1.82, 2.24) is 15.8 Å². The molecule has 1 saturated carbocycles. The van der Waals surface area contributed by atoms with E-state index in [0.29, 0.717) is 25.4 Å². The molecule has 6 nitrogen and oxygen atoms in total. The zero-order valence-electron chi connectivity index (χ0n) is 16.0. The summed E-state index contributed by atoms with van der Waals surface area (Å²) in [5.74, 6) is 0.796. The van der Waals surface area contributed by atoms with Crippen molar-refractivity contribution in [3.63, 3.8) is 0 Å². The molecule has 0 radical (unpaired) electrons. The quantitative estimate of drug-likeness (QED) is 0.754. The molecule has 146 valence electrons. The molecule has 2 aliphatic rings. The van der Waals surface area contributed by atoms with Gasteiger partial charge < -0.3 is 10.1 Å². The second-order valence-electron chi connectivity index (χ2n) is 7.21. The molecule has 1 fully saturated rings. The zero-order chi connectivity index (χ0) is 19.1. The monoisotopic (exact) mass is 371 g/mol. The Balaban J connectivity index is 1.51. The molecule has 0 spiro atoms. The van der Waals surface area contributed by atoms with Gasteiger partial charge in [-0.05, 0) is 48.7 Å². The second kappa shape index (κ2) is 9.44. The van der Waals surface area contributed by atoms with Gasteiger partial charge in [-0.15, -0.1) is 0 Å². The number of nitrogens with one attached hydrogen (secondary N) is 2. The third-order valence-corrected chi connectivity index (χ3v) is 5.22. The molecule has 1 aromatic carbocycles. The van der Waals surface area contributed by atoms with Gasteiger partial charge in [-0.2, -0.15) is 0 Å². The van der Waals surface area contributed by atoms with Crippen LogP contribution in [-0.2, 0) is 9.59 Å². The van der Waals surface area contributed by atoms with Crippen molar-refractivity contribution >= 4 is 17.5 Å². The van der Waals surface area contributed by atoms with E-state index in [4.69, 9.17) is 4.74 Å². The Morgan fingerprint density at radius 2 is 1.89 bits per heavy atom. The number of hydrogen-bond acceptors (Lipinski definition) is 4. The summed E-state index contributed by atoms with van der Waals surface area (Å²) in [6.07, 6.45) is 9.56. The molecule has 2 amide bonds. The standard InChI is InChI=1S/C21H29N3O3/c1-27-18-10-8-16(9-11-18)19-12-13-21(26)24(23-19)15-14-20(25)22-17-6-4-2-3-5-7-17/h8-12,17,23H,2-7,13-15H2,1H3,(H,22,25). The van der Waals surface area contributed by atoms with Gasteiger partial charge in [0, 0.05) is 18.9 Å². The van der Waals surface area contributed by atoms with Gasteiger partial charge in [0.25, 0.3) is 0 Å². The third kappa shape index (κ3) is 5.49. The minimum Gasteiger partial charge on any atom is -0.497 e. The fourth-order valence-electron chi connectivity index (χ4n) is 3.62. The molecule has 6 heteroatoms. The van der Waals surface area contributed by atoms with Crippen LogP contribution in [0.25, 0.3) is 5.70 Å². The van der Waals surface area contributed by atoms with E-state index in [1.807, 2.05) is 30.3 Å². The highest BCUT2D eigenvalue weighted by atomic mass is 16.5. The molecular formula is C21H29N3O3. The van der Waals surface area contributed by atoms with Crippen molar-refractivity contribution < 1.29 is 14.3 Å². The van der Waals surface area contributed by atoms with E-state index in [1.54, 1.807) is 12.1 Å².